The maximum Gasteiger partial charge on any atom is 0.326 e. The monoisotopic (exact) mass is 461 g/mol. The fourth-order valence-corrected chi connectivity index (χ4v) is 6.08. The van der Waals surface area contributed by atoms with E-state index in [0.29, 0.717) is 24.8 Å². The van der Waals surface area contributed by atoms with E-state index in [-0.39, 0.29) is 11.7 Å². The molecule has 2 fully saturated rings. The van der Waals surface area contributed by atoms with Crippen LogP contribution in [0.3, 0.4) is 0 Å². The van der Waals surface area contributed by atoms with Gasteiger partial charge in [0.2, 0.25) is 0 Å². The molecule has 0 radical (unpaired) electrons. The third kappa shape index (κ3) is 7.10. The molecule has 33 heavy (non-hydrogen) atoms. The molecule has 0 aromatic heterocycles. The number of hydrogen-bond acceptors (Lipinski definition) is 3. The van der Waals surface area contributed by atoms with E-state index in [9.17, 15) is 14.3 Å². The molecule has 4 nitrogen and oxygen atoms in total. The quantitative estimate of drug-likeness (QED) is 0.310. The average Bonchev–Trinajstić information content (AvgIpc) is 3.26. The van der Waals surface area contributed by atoms with E-state index in [0.717, 1.165) is 38.0 Å². The van der Waals surface area contributed by atoms with Gasteiger partial charge in [-0.05, 0) is 55.6 Å². The van der Waals surface area contributed by atoms with Crippen molar-refractivity contribution in [3.8, 4) is 5.75 Å². The number of aliphatic carboxylic acids is 1. The van der Waals surface area contributed by atoms with E-state index >= 15 is 0 Å². The zero-order valence-electron chi connectivity index (χ0n) is 20.7. The van der Waals surface area contributed by atoms with Crippen LogP contribution in [-0.2, 0) is 4.79 Å². The number of nitrogens with zero attached hydrogens (tertiary/aromatic N) is 1. The first kappa shape index (κ1) is 25.8. The molecule has 1 aliphatic carbocycles. The van der Waals surface area contributed by atoms with Crippen molar-refractivity contribution < 1.29 is 19.0 Å². The van der Waals surface area contributed by atoms with Crippen molar-refractivity contribution in [2.24, 2.45) is 17.8 Å². The lowest BCUT2D eigenvalue weighted by Crippen LogP contribution is -2.42. The number of carbonyl (C=O) groups is 1. The van der Waals surface area contributed by atoms with Crippen LogP contribution in [0.25, 0.3) is 0 Å². The Morgan fingerprint density at radius 2 is 1.76 bits per heavy atom. The van der Waals surface area contributed by atoms with Crippen molar-refractivity contribution in [3.05, 3.63) is 24.0 Å². The molecule has 1 N–H and O–H groups in total. The van der Waals surface area contributed by atoms with Crippen molar-refractivity contribution in [2.45, 2.75) is 103 Å². The predicted molar refractivity (Wildman–Crippen MR) is 133 cm³/mol. The topological polar surface area (TPSA) is 49.8 Å². The summed E-state index contributed by atoms with van der Waals surface area (Å²) in [6.45, 7) is 5.64. The molecule has 2 aliphatic rings. The number of anilines is 1. The fourth-order valence-electron chi connectivity index (χ4n) is 6.08. The molecular formula is C28H44FNO3. The second kappa shape index (κ2) is 13.2. The van der Waals surface area contributed by atoms with Gasteiger partial charge in [-0.1, -0.05) is 71.6 Å². The minimum atomic E-state index is -0.781. The summed E-state index contributed by atoms with van der Waals surface area (Å²) in [4.78, 5) is 14.2. The molecule has 2 atom stereocenters. The van der Waals surface area contributed by atoms with Crippen LogP contribution in [0.2, 0.25) is 0 Å². The van der Waals surface area contributed by atoms with Crippen LogP contribution < -0.4 is 9.64 Å². The molecule has 186 valence electrons. The van der Waals surface area contributed by atoms with Crippen LogP contribution in [0.15, 0.2) is 18.2 Å². The standard InChI is InChI=1S/C28H44FNO3/c1-3-5-6-7-8-9-19-33-26-16-15-23(20-25(26)29)30-18-17-24(27(30)28(31)32)22-13-11-21(10-4-2)12-14-22/h15-16,20-22,24,27H,3-14,17-19H2,1-2H3,(H,31,32)/t21?,22?,24-,27+/m1/s1. The van der Waals surface area contributed by atoms with Crippen molar-refractivity contribution in [2.75, 3.05) is 18.1 Å². The van der Waals surface area contributed by atoms with E-state index in [1.807, 2.05) is 11.0 Å². The Balaban J connectivity index is 1.56. The Bertz CT molecular complexity index is 732. The van der Waals surface area contributed by atoms with Crippen LogP contribution in [-0.4, -0.2) is 30.3 Å². The lowest BCUT2D eigenvalue weighted by molar-refractivity contribution is -0.140. The molecule has 1 aromatic carbocycles. The molecule has 3 rings (SSSR count). The molecule has 1 saturated carbocycles. The first-order chi connectivity index (χ1) is 16.0. The summed E-state index contributed by atoms with van der Waals surface area (Å²) in [5.74, 6) is 0.517. The van der Waals surface area contributed by atoms with Gasteiger partial charge in [0, 0.05) is 18.3 Å². The second-order valence-electron chi connectivity index (χ2n) is 10.2. The first-order valence-electron chi connectivity index (χ1n) is 13.5. The maximum atomic E-state index is 14.8. The summed E-state index contributed by atoms with van der Waals surface area (Å²) in [5, 5.41) is 10.1. The maximum absolute atomic E-state index is 14.8. The summed E-state index contributed by atoms with van der Waals surface area (Å²) in [6.07, 6.45) is 15.1. The smallest absolute Gasteiger partial charge is 0.326 e. The number of halogens is 1. The summed E-state index contributed by atoms with van der Waals surface area (Å²) in [7, 11) is 0. The lowest BCUT2D eigenvalue weighted by atomic mass is 9.72. The number of benzene rings is 1. The normalized spacial score (nSPS) is 25.4. The zero-order chi connectivity index (χ0) is 23.6. The summed E-state index contributed by atoms with van der Waals surface area (Å²) < 4.78 is 20.4. The fraction of sp³-hybridized carbons (Fsp3) is 0.750. The predicted octanol–water partition coefficient (Wildman–Crippen LogP) is 7.45. The molecule has 1 aromatic rings. The highest BCUT2D eigenvalue weighted by Gasteiger charge is 2.44. The zero-order valence-corrected chi connectivity index (χ0v) is 20.7. The minimum absolute atomic E-state index is 0.150. The Morgan fingerprint density at radius 3 is 2.42 bits per heavy atom. The van der Waals surface area contributed by atoms with Gasteiger partial charge in [-0.15, -0.1) is 0 Å². The third-order valence-corrected chi connectivity index (χ3v) is 7.89. The van der Waals surface area contributed by atoms with E-state index in [1.54, 1.807) is 6.07 Å². The largest absolute Gasteiger partial charge is 0.491 e. The Hall–Kier alpha value is -1.78. The van der Waals surface area contributed by atoms with Gasteiger partial charge in [-0.2, -0.15) is 0 Å². The SMILES string of the molecule is CCCCCCCCOc1ccc(N2CC[C@H](C3CCC(CCC)CC3)[C@H]2C(=O)O)cc1F. The Kier molecular flexibility index (Phi) is 10.3. The summed E-state index contributed by atoms with van der Waals surface area (Å²) in [6, 6.07) is 4.40. The van der Waals surface area contributed by atoms with E-state index in [1.165, 1.54) is 57.4 Å². The van der Waals surface area contributed by atoms with Crippen LogP contribution in [0, 0.1) is 23.6 Å². The number of ether oxygens (including phenoxy) is 1. The molecule has 1 aliphatic heterocycles. The Labute approximate surface area is 199 Å². The first-order valence-corrected chi connectivity index (χ1v) is 13.5. The van der Waals surface area contributed by atoms with Gasteiger partial charge in [0.05, 0.1) is 6.61 Å². The molecule has 0 bridgehead atoms. The van der Waals surface area contributed by atoms with Crippen LogP contribution >= 0.6 is 0 Å². The molecule has 0 amide bonds. The van der Waals surface area contributed by atoms with Crippen LogP contribution in [0.5, 0.6) is 5.75 Å². The van der Waals surface area contributed by atoms with Gasteiger partial charge in [-0.25, -0.2) is 9.18 Å². The highest BCUT2D eigenvalue weighted by Crippen LogP contribution is 2.43. The highest BCUT2D eigenvalue weighted by molar-refractivity contribution is 5.79. The van der Waals surface area contributed by atoms with Crippen molar-refractivity contribution >= 4 is 11.7 Å². The number of rotatable bonds is 13. The van der Waals surface area contributed by atoms with Crippen molar-refractivity contribution in [3.63, 3.8) is 0 Å². The van der Waals surface area contributed by atoms with E-state index in [2.05, 4.69) is 13.8 Å². The van der Waals surface area contributed by atoms with Crippen molar-refractivity contribution in [1.29, 1.82) is 0 Å². The number of hydrogen-bond donors (Lipinski definition) is 1. The second-order valence-corrected chi connectivity index (χ2v) is 10.2. The lowest BCUT2D eigenvalue weighted by Gasteiger charge is -2.35. The van der Waals surface area contributed by atoms with Crippen molar-refractivity contribution in [1.82, 2.24) is 0 Å². The van der Waals surface area contributed by atoms with Gasteiger partial charge in [0.1, 0.15) is 6.04 Å². The average molecular weight is 462 g/mol. The Morgan fingerprint density at radius 1 is 1.03 bits per heavy atom. The molecule has 1 saturated heterocycles. The highest BCUT2D eigenvalue weighted by atomic mass is 19.1. The molecule has 5 heteroatoms. The van der Waals surface area contributed by atoms with E-state index in [4.69, 9.17) is 4.74 Å². The van der Waals surface area contributed by atoms with Gasteiger partial charge in [0.15, 0.2) is 11.6 Å². The summed E-state index contributed by atoms with van der Waals surface area (Å²) in [5.41, 5.74) is 0.661. The van der Waals surface area contributed by atoms with Gasteiger partial charge in [0.25, 0.3) is 0 Å². The molecule has 0 spiro atoms. The third-order valence-electron chi connectivity index (χ3n) is 7.89. The van der Waals surface area contributed by atoms with Gasteiger partial charge < -0.3 is 14.7 Å². The number of carboxylic acids is 1. The van der Waals surface area contributed by atoms with E-state index < -0.39 is 17.8 Å². The molecular weight excluding hydrogens is 417 g/mol. The van der Waals surface area contributed by atoms with Gasteiger partial charge >= 0.3 is 5.97 Å². The number of unbranched alkanes of at least 4 members (excludes halogenated alkanes) is 5. The summed E-state index contributed by atoms with van der Waals surface area (Å²) >= 11 is 0. The van der Waals surface area contributed by atoms with Crippen LogP contribution in [0.1, 0.15) is 97.3 Å². The number of carboxylic acid groups (broad SMARTS) is 1. The van der Waals surface area contributed by atoms with Crippen LogP contribution in [0.4, 0.5) is 10.1 Å². The van der Waals surface area contributed by atoms with Gasteiger partial charge in [-0.3, -0.25) is 0 Å². The minimum Gasteiger partial charge on any atom is -0.491 e. The molecule has 0 unspecified atom stereocenters. The molecule has 1 heterocycles.